The van der Waals surface area contributed by atoms with E-state index in [9.17, 15) is 4.79 Å². The third kappa shape index (κ3) is 3.83. The smallest absolute Gasteiger partial charge is 0.289 e. The number of amides is 1. The van der Waals surface area contributed by atoms with Crippen LogP contribution in [0, 0.1) is 6.92 Å². The molecular formula is C17H20ClNO3. The topological polar surface area (TPSA) is 42.7 Å². The summed E-state index contributed by atoms with van der Waals surface area (Å²) in [5, 5.41) is 0. The van der Waals surface area contributed by atoms with Crippen LogP contribution in [-0.2, 0) is 12.4 Å². The maximum atomic E-state index is 12.4. The number of rotatable bonds is 6. The number of aryl methyl sites for hydroxylation is 1. The van der Waals surface area contributed by atoms with E-state index in [0.29, 0.717) is 30.6 Å². The van der Waals surface area contributed by atoms with Crippen LogP contribution in [0.15, 0.2) is 34.7 Å². The summed E-state index contributed by atoms with van der Waals surface area (Å²) in [5.74, 6) is 1.98. The predicted octanol–water partition coefficient (Wildman–Crippen LogP) is 4.00. The molecule has 2 aromatic rings. The van der Waals surface area contributed by atoms with Crippen molar-refractivity contribution >= 4 is 17.5 Å². The number of ether oxygens (including phenoxy) is 1. The van der Waals surface area contributed by atoms with Gasteiger partial charge >= 0.3 is 0 Å². The maximum absolute atomic E-state index is 12.4. The minimum absolute atomic E-state index is 0.165. The Bertz CT molecular complexity index is 651. The maximum Gasteiger partial charge on any atom is 0.289 e. The van der Waals surface area contributed by atoms with Crippen molar-refractivity contribution in [3.05, 3.63) is 53.0 Å². The van der Waals surface area contributed by atoms with Gasteiger partial charge < -0.3 is 14.1 Å². The summed E-state index contributed by atoms with van der Waals surface area (Å²) in [6.45, 7) is 4.84. The van der Waals surface area contributed by atoms with Gasteiger partial charge in [0.15, 0.2) is 5.76 Å². The zero-order valence-corrected chi connectivity index (χ0v) is 13.8. The molecule has 22 heavy (non-hydrogen) atoms. The highest BCUT2D eigenvalue weighted by atomic mass is 35.5. The number of halogens is 1. The highest BCUT2D eigenvalue weighted by Crippen LogP contribution is 2.19. The molecule has 0 unspecified atom stereocenters. The molecule has 0 atom stereocenters. The van der Waals surface area contributed by atoms with E-state index in [2.05, 4.69) is 0 Å². The van der Waals surface area contributed by atoms with Crippen LogP contribution in [0.2, 0.25) is 0 Å². The van der Waals surface area contributed by atoms with Gasteiger partial charge in [0, 0.05) is 19.2 Å². The second-order valence-electron chi connectivity index (χ2n) is 5.07. The van der Waals surface area contributed by atoms with E-state index in [1.54, 1.807) is 24.9 Å². The van der Waals surface area contributed by atoms with Crippen LogP contribution in [0.4, 0.5) is 0 Å². The van der Waals surface area contributed by atoms with E-state index in [-0.39, 0.29) is 5.91 Å². The van der Waals surface area contributed by atoms with Crippen LogP contribution in [-0.4, -0.2) is 24.5 Å². The summed E-state index contributed by atoms with van der Waals surface area (Å²) in [6.07, 6.45) is 0. The molecule has 0 bridgehead atoms. The normalized spacial score (nSPS) is 10.5. The Kier molecular flexibility index (Phi) is 5.50. The van der Waals surface area contributed by atoms with E-state index >= 15 is 0 Å². The van der Waals surface area contributed by atoms with Crippen molar-refractivity contribution in [2.75, 3.05) is 13.7 Å². The lowest BCUT2D eigenvalue weighted by atomic mass is 10.2. The standard InChI is InChI=1S/C17H20ClNO3/c1-4-21-15-7-5-6-13(8-15)11-19(3)17(20)16-9-14(10-18)12(2)22-16/h5-9H,4,10-11H2,1-3H3. The Balaban J connectivity index is 2.09. The van der Waals surface area contributed by atoms with Crippen molar-refractivity contribution in [3.63, 3.8) is 0 Å². The van der Waals surface area contributed by atoms with Crippen molar-refractivity contribution in [2.45, 2.75) is 26.3 Å². The summed E-state index contributed by atoms with van der Waals surface area (Å²) in [5.41, 5.74) is 1.85. The van der Waals surface area contributed by atoms with E-state index in [4.69, 9.17) is 20.8 Å². The van der Waals surface area contributed by atoms with Gasteiger partial charge in [0.2, 0.25) is 0 Å². The Morgan fingerprint density at radius 1 is 1.36 bits per heavy atom. The number of furan rings is 1. The van der Waals surface area contributed by atoms with Crippen LogP contribution in [0.5, 0.6) is 5.75 Å². The third-order valence-corrected chi connectivity index (χ3v) is 3.64. The van der Waals surface area contributed by atoms with Gasteiger partial charge in [-0.1, -0.05) is 12.1 Å². The quantitative estimate of drug-likeness (QED) is 0.755. The van der Waals surface area contributed by atoms with Crippen molar-refractivity contribution in [3.8, 4) is 5.75 Å². The Hall–Kier alpha value is -1.94. The van der Waals surface area contributed by atoms with Gasteiger partial charge in [0.1, 0.15) is 11.5 Å². The van der Waals surface area contributed by atoms with Crippen molar-refractivity contribution in [1.29, 1.82) is 0 Å². The fraction of sp³-hybridized carbons (Fsp3) is 0.353. The molecule has 5 heteroatoms. The minimum Gasteiger partial charge on any atom is -0.494 e. The summed E-state index contributed by atoms with van der Waals surface area (Å²) in [6, 6.07) is 9.42. The first-order chi connectivity index (χ1) is 10.5. The number of hydrogen-bond donors (Lipinski definition) is 0. The number of carbonyl (C=O) groups is 1. The van der Waals surface area contributed by atoms with Crippen LogP contribution < -0.4 is 4.74 Å². The lowest BCUT2D eigenvalue weighted by molar-refractivity contribution is 0.0752. The summed E-state index contributed by atoms with van der Waals surface area (Å²) >= 11 is 5.81. The molecule has 0 fully saturated rings. The lowest BCUT2D eigenvalue weighted by Gasteiger charge is -2.16. The van der Waals surface area contributed by atoms with Crippen LogP contribution in [0.3, 0.4) is 0 Å². The molecule has 0 N–H and O–H groups in total. The zero-order chi connectivity index (χ0) is 16.1. The van der Waals surface area contributed by atoms with Gasteiger partial charge in [0.05, 0.1) is 12.5 Å². The highest BCUT2D eigenvalue weighted by molar-refractivity contribution is 6.17. The zero-order valence-electron chi connectivity index (χ0n) is 13.1. The molecular weight excluding hydrogens is 302 g/mol. The van der Waals surface area contributed by atoms with Gasteiger partial charge in [-0.05, 0) is 37.6 Å². The number of alkyl halides is 1. The summed E-state index contributed by atoms with van der Waals surface area (Å²) in [7, 11) is 1.74. The number of nitrogens with zero attached hydrogens (tertiary/aromatic N) is 1. The average Bonchev–Trinajstić information content (AvgIpc) is 2.88. The molecule has 0 saturated heterocycles. The van der Waals surface area contributed by atoms with Gasteiger partial charge in [0.25, 0.3) is 5.91 Å². The van der Waals surface area contributed by atoms with Gasteiger partial charge in [-0.2, -0.15) is 0 Å². The molecule has 1 heterocycles. The Morgan fingerprint density at radius 2 is 2.14 bits per heavy atom. The molecule has 0 aliphatic carbocycles. The van der Waals surface area contributed by atoms with Crippen LogP contribution in [0.1, 0.15) is 34.4 Å². The van der Waals surface area contributed by atoms with Crippen molar-refractivity contribution < 1.29 is 13.9 Å². The molecule has 0 spiro atoms. The molecule has 0 saturated carbocycles. The molecule has 0 radical (unpaired) electrons. The molecule has 0 aliphatic rings. The SMILES string of the molecule is CCOc1cccc(CN(C)C(=O)c2cc(CCl)c(C)o2)c1. The van der Waals surface area contributed by atoms with Crippen LogP contribution in [0.25, 0.3) is 0 Å². The van der Waals surface area contributed by atoms with E-state index in [1.165, 1.54) is 0 Å². The van der Waals surface area contributed by atoms with Gasteiger partial charge in [-0.15, -0.1) is 11.6 Å². The monoisotopic (exact) mass is 321 g/mol. The number of carbonyl (C=O) groups excluding carboxylic acids is 1. The third-order valence-electron chi connectivity index (χ3n) is 3.35. The average molecular weight is 322 g/mol. The van der Waals surface area contributed by atoms with Crippen molar-refractivity contribution in [1.82, 2.24) is 4.90 Å². The largest absolute Gasteiger partial charge is 0.494 e. The second-order valence-corrected chi connectivity index (χ2v) is 5.33. The lowest BCUT2D eigenvalue weighted by Crippen LogP contribution is -2.25. The first-order valence-corrected chi connectivity index (χ1v) is 7.71. The van der Waals surface area contributed by atoms with Crippen molar-refractivity contribution in [2.24, 2.45) is 0 Å². The number of benzene rings is 1. The predicted molar refractivity (Wildman–Crippen MR) is 86.4 cm³/mol. The van der Waals surface area contributed by atoms with E-state index in [0.717, 1.165) is 16.9 Å². The molecule has 4 nitrogen and oxygen atoms in total. The first kappa shape index (κ1) is 16.4. The Labute approximate surface area is 135 Å². The van der Waals surface area contributed by atoms with E-state index in [1.807, 2.05) is 31.2 Å². The fourth-order valence-corrected chi connectivity index (χ4v) is 2.46. The van der Waals surface area contributed by atoms with Gasteiger partial charge in [-0.3, -0.25) is 4.79 Å². The molecule has 1 aromatic carbocycles. The molecule has 1 amide bonds. The highest BCUT2D eigenvalue weighted by Gasteiger charge is 2.18. The second kappa shape index (κ2) is 7.36. The molecule has 2 rings (SSSR count). The fourth-order valence-electron chi connectivity index (χ4n) is 2.19. The molecule has 1 aromatic heterocycles. The number of hydrogen-bond acceptors (Lipinski definition) is 3. The molecule has 118 valence electrons. The minimum atomic E-state index is -0.165. The van der Waals surface area contributed by atoms with Crippen LogP contribution >= 0.6 is 11.6 Å². The van der Waals surface area contributed by atoms with E-state index < -0.39 is 0 Å². The van der Waals surface area contributed by atoms with Gasteiger partial charge in [-0.25, -0.2) is 0 Å². The summed E-state index contributed by atoms with van der Waals surface area (Å²) < 4.78 is 11.0. The Morgan fingerprint density at radius 3 is 2.77 bits per heavy atom. The molecule has 0 aliphatic heterocycles. The first-order valence-electron chi connectivity index (χ1n) is 7.17. The summed E-state index contributed by atoms with van der Waals surface area (Å²) in [4.78, 5) is 14.0.